The molecule has 1 rings (SSSR count). The van der Waals surface area contributed by atoms with Crippen LogP contribution in [-0.4, -0.2) is 4.98 Å². The number of hydrogen-bond donors (Lipinski definition) is 0. The Hall–Kier alpha value is 0.110. The molecule has 0 fully saturated rings. The fraction of sp³-hybridized carbons (Fsp3) is 0.400. The second-order valence-electron chi connectivity index (χ2n) is 0.811. The molecule has 0 radical (unpaired) electrons. The quantitative estimate of drug-likeness (QED) is 0.618. The molecule has 1 aromatic rings. The third kappa shape index (κ3) is 3.16. The van der Waals surface area contributed by atoms with Gasteiger partial charge >= 0.3 is 0 Å². The highest BCUT2D eigenvalue weighted by Crippen LogP contribution is 2.06. The van der Waals surface area contributed by atoms with Crippen molar-refractivity contribution in [2.24, 2.45) is 0 Å². The van der Waals surface area contributed by atoms with Crippen molar-refractivity contribution in [3.8, 4) is 0 Å². The van der Waals surface area contributed by atoms with Crippen molar-refractivity contribution < 1.29 is 0 Å². The number of thiazole rings is 1. The second-order valence-corrected chi connectivity index (χ2v) is 2.34. The molecule has 0 N–H and O–H groups in total. The van der Waals surface area contributed by atoms with Gasteiger partial charge in [-0.15, -0.1) is 11.3 Å². The minimum absolute atomic E-state index is 0.924. The van der Waals surface area contributed by atoms with Crippen LogP contribution < -0.4 is 0 Å². The highest BCUT2D eigenvalue weighted by atomic mass is 79.9. The first-order chi connectivity index (χ1) is 3.89. The fourth-order valence-electron chi connectivity index (χ4n) is 0.198. The summed E-state index contributed by atoms with van der Waals surface area (Å²) >= 11 is 4.76. The predicted octanol–water partition coefficient (Wildman–Crippen LogP) is 2.93. The molecule has 0 spiro atoms. The van der Waals surface area contributed by atoms with Gasteiger partial charge in [0.05, 0.1) is 5.51 Å². The van der Waals surface area contributed by atoms with Crippen LogP contribution in [0.4, 0.5) is 0 Å². The number of hydrogen-bond acceptors (Lipinski definition) is 2. The molecule has 0 saturated carbocycles. The van der Waals surface area contributed by atoms with Gasteiger partial charge in [0, 0.05) is 5.38 Å². The van der Waals surface area contributed by atoms with E-state index in [-0.39, 0.29) is 0 Å². The molecule has 0 aromatic carbocycles. The molecule has 0 saturated heterocycles. The predicted molar refractivity (Wildman–Crippen MR) is 41.2 cm³/mol. The average Bonchev–Trinajstić information content (AvgIpc) is 2.24. The van der Waals surface area contributed by atoms with Gasteiger partial charge in [-0.2, -0.15) is 0 Å². The lowest BCUT2D eigenvalue weighted by molar-refractivity contribution is 1.37. The van der Waals surface area contributed by atoms with Crippen LogP contribution in [0.25, 0.3) is 0 Å². The van der Waals surface area contributed by atoms with Crippen LogP contribution in [0.15, 0.2) is 15.5 Å². The number of nitrogens with zero attached hydrogens (tertiary/aromatic N) is 1. The highest BCUT2D eigenvalue weighted by molar-refractivity contribution is 9.10. The summed E-state index contributed by atoms with van der Waals surface area (Å²) in [4.78, 5) is 3.85. The Morgan fingerprint density at radius 3 is 2.38 bits per heavy atom. The van der Waals surface area contributed by atoms with E-state index < -0.39 is 0 Å². The first kappa shape index (κ1) is 8.11. The molecule has 0 atom stereocenters. The van der Waals surface area contributed by atoms with Gasteiger partial charge in [0.25, 0.3) is 0 Å². The van der Waals surface area contributed by atoms with Crippen LogP contribution in [0.2, 0.25) is 0 Å². The van der Waals surface area contributed by atoms with Gasteiger partial charge in [-0.1, -0.05) is 13.8 Å². The van der Waals surface area contributed by atoms with Crippen LogP contribution in [0.1, 0.15) is 13.8 Å². The van der Waals surface area contributed by atoms with Gasteiger partial charge in [0.15, 0.2) is 0 Å². The van der Waals surface area contributed by atoms with E-state index in [2.05, 4.69) is 20.9 Å². The number of halogens is 1. The minimum atomic E-state index is 0.924. The van der Waals surface area contributed by atoms with Crippen LogP contribution in [0.3, 0.4) is 0 Å². The van der Waals surface area contributed by atoms with Gasteiger partial charge in [0.1, 0.15) is 4.60 Å². The molecule has 1 heterocycles. The Balaban J connectivity index is 0.000000222. The van der Waals surface area contributed by atoms with Crippen LogP contribution in [-0.2, 0) is 0 Å². The zero-order valence-corrected chi connectivity index (χ0v) is 7.29. The summed E-state index contributed by atoms with van der Waals surface area (Å²) < 4.78 is 0.924. The molecule has 1 aromatic heterocycles. The summed E-state index contributed by atoms with van der Waals surface area (Å²) in [6.07, 6.45) is 0. The summed E-state index contributed by atoms with van der Waals surface area (Å²) in [7, 11) is 0. The summed E-state index contributed by atoms with van der Waals surface area (Å²) in [5.41, 5.74) is 1.78. The maximum atomic E-state index is 3.85. The van der Waals surface area contributed by atoms with E-state index in [0.29, 0.717) is 0 Å². The Morgan fingerprint density at radius 1 is 1.62 bits per heavy atom. The average molecular weight is 194 g/mol. The third-order valence-electron chi connectivity index (χ3n) is 0.402. The second kappa shape index (κ2) is 5.25. The smallest absolute Gasteiger partial charge is 0.116 e. The van der Waals surface area contributed by atoms with Crippen molar-refractivity contribution in [3.05, 3.63) is 15.5 Å². The molecule has 0 bridgehead atoms. The Labute approximate surface area is 61.9 Å². The van der Waals surface area contributed by atoms with E-state index in [9.17, 15) is 0 Å². The number of aromatic nitrogens is 1. The molecule has 0 aliphatic rings. The van der Waals surface area contributed by atoms with Crippen molar-refractivity contribution in [2.45, 2.75) is 13.8 Å². The maximum absolute atomic E-state index is 3.85. The molecule has 0 amide bonds. The van der Waals surface area contributed by atoms with E-state index in [1.54, 1.807) is 16.8 Å². The molecule has 46 valence electrons. The fourth-order valence-corrected chi connectivity index (χ4v) is 1.17. The van der Waals surface area contributed by atoms with E-state index >= 15 is 0 Å². The monoisotopic (exact) mass is 193 g/mol. The lowest BCUT2D eigenvalue weighted by atomic mass is 11.0. The van der Waals surface area contributed by atoms with Crippen molar-refractivity contribution >= 4 is 27.3 Å². The summed E-state index contributed by atoms with van der Waals surface area (Å²) in [6.45, 7) is 4.00. The lowest BCUT2D eigenvalue weighted by Gasteiger charge is -1.61. The molecule has 8 heavy (non-hydrogen) atoms. The van der Waals surface area contributed by atoms with Crippen molar-refractivity contribution in [1.29, 1.82) is 0 Å². The first-order valence-electron chi connectivity index (χ1n) is 2.43. The zero-order valence-electron chi connectivity index (χ0n) is 4.89. The Bertz CT molecular complexity index is 116. The summed E-state index contributed by atoms with van der Waals surface area (Å²) in [5.74, 6) is 0. The molecule has 1 nitrogen and oxygen atoms in total. The SMILES string of the molecule is Brc1cscn1.CC. The van der Waals surface area contributed by atoms with Crippen LogP contribution >= 0.6 is 27.3 Å². The normalized spacial score (nSPS) is 7.38. The first-order valence-corrected chi connectivity index (χ1v) is 4.17. The molecular weight excluding hydrogens is 186 g/mol. The van der Waals surface area contributed by atoms with Gasteiger partial charge < -0.3 is 0 Å². The Kier molecular flexibility index (Phi) is 5.32. The standard InChI is InChI=1S/C3H2BrNS.C2H6/c4-3-1-6-2-5-3;1-2/h1-2H;1-2H3. The number of rotatable bonds is 0. The topological polar surface area (TPSA) is 12.9 Å². The molecular formula is C5H8BrNS. The van der Waals surface area contributed by atoms with Gasteiger partial charge in [-0.25, -0.2) is 4.98 Å². The van der Waals surface area contributed by atoms with Gasteiger partial charge in [0.2, 0.25) is 0 Å². The van der Waals surface area contributed by atoms with Crippen LogP contribution in [0, 0.1) is 0 Å². The van der Waals surface area contributed by atoms with Gasteiger partial charge in [-0.3, -0.25) is 0 Å². The van der Waals surface area contributed by atoms with Gasteiger partial charge in [-0.05, 0) is 15.9 Å². The lowest BCUT2D eigenvalue weighted by Crippen LogP contribution is -1.50. The molecule has 0 unspecified atom stereocenters. The van der Waals surface area contributed by atoms with Crippen molar-refractivity contribution in [3.63, 3.8) is 0 Å². The zero-order chi connectivity index (χ0) is 6.41. The maximum Gasteiger partial charge on any atom is 0.116 e. The minimum Gasteiger partial charge on any atom is -0.238 e. The van der Waals surface area contributed by atoms with E-state index in [4.69, 9.17) is 0 Å². The molecule has 0 aliphatic carbocycles. The van der Waals surface area contributed by atoms with Crippen LogP contribution in [0.5, 0.6) is 0 Å². The Morgan fingerprint density at radius 2 is 2.25 bits per heavy atom. The van der Waals surface area contributed by atoms with E-state index in [1.807, 2.05) is 19.2 Å². The molecule has 0 aliphatic heterocycles. The summed E-state index contributed by atoms with van der Waals surface area (Å²) in [5, 5.41) is 1.93. The highest BCUT2D eigenvalue weighted by Gasteiger charge is 1.78. The largest absolute Gasteiger partial charge is 0.238 e. The molecule has 3 heteroatoms. The third-order valence-corrected chi connectivity index (χ3v) is 1.73. The summed E-state index contributed by atoms with van der Waals surface area (Å²) in [6, 6.07) is 0. The van der Waals surface area contributed by atoms with E-state index in [1.165, 1.54) is 0 Å². The van der Waals surface area contributed by atoms with E-state index in [0.717, 1.165) is 4.60 Å². The van der Waals surface area contributed by atoms with Crippen molar-refractivity contribution in [1.82, 2.24) is 4.98 Å². The van der Waals surface area contributed by atoms with Crippen molar-refractivity contribution in [2.75, 3.05) is 0 Å².